The summed E-state index contributed by atoms with van der Waals surface area (Å²) in [5.74, 6) is -0.294. The smallest absolute Gasteiger partial charge is 0.293 e. The van der Waals surface area contributed by atoms with E-state index >= 15 is 0 Å². The molecule has 0 atom stereocenters. The third kappa shape index (κ3) is 2.14. The van der Waals surface area contributed by atoms with Crippen LogP contribution in [0.15, 0.2) is 54.7 Å². The van der Waals surface area contributed by atoms with Gasteiger partial charge in [0.15, 0.2) is 0 Å². The van der Waals surface area contributed by atoms with E-state index in [4.69, 9.17) is 0 Å². The van der Waals surface area contributed by atoms with E-state index in [2.05, 4.69) is 0 Å². The molecule has 1 heterocycles. The molecular formula is C15H11FN2O2. The van der Waals surface area contributed by atoms with Crippen LogP contribution in [0.4, 0.5) is 10.1 Å². The number of nitro groups is 1. The molecule has 0 aliphatic heterocycles. The van der Waals surface area contributed by atoms with Crippen LogP contribution < -0.4 is 0 Å². The molecule has 0 N–H and O–H groups in total. The lowest BCUT2D eigenvalue weighted by Gasteiger charge is -2.06. The Labute approximate surface area is 114 Å². The number of benzene rings is 2. The highest BCUT2D eigenvalue weighted by Crippen LogP contribution is 2.27. The second-order valence-electron chi connectivity index (χ2n) is 4.54. The molecule has 0 aliphatic rings. The first-order valence-electron chi connectivity index (χ1n) is 6.12. The SMILES string of the molecule is O=[N+]([O-])c1cccc2ccn(Cc3ccc(F)cc3)c12. The van der Waals surface area contributed by atoms with Crippen LogP contribution in [-0.2, 0) is 6.54 Å². The number of halogens is 1. The van der Waals surface area contributed by atoms with E-state index in [-0.39, 0.29) is 16.4 Å². The van der Waals surface area contributed by atoms with Gasteiger partial charge in [-0.05, 0) is 23.8 Å². The zero-order valence-electron chi connectivity index (χ0n) is 10.5. The van der Waals surface area contributed by atoms with Crippen molar-refractivity contribution >= 4 is 16.6 Å². The fraction of sp³-hybridized carbons (Fsp3) is 0.0667. The lowest BCUT2D eigenvalue weighted by molar-refractivity contribution is -0.383. The highest BCUT2D eigenvalue weighted by atomic mass is 19.1. The first-order chi connectivity index (χ1) is 9.65. The average molecular weight is 270 g/mol. The van der Waals surface area contributed by atoms with Crippen molar-refractivity contribution in [2.75, 3.05) is 0 Å². The monoisotopic (exact) mass is 270 g/mol. The van der Waals surface area contributed by atoms with E-state index in [0.717, 1.165) is 10.9 Å². The summed E-state index contributed by atoms with van der Waals surface area (Å²) in [6.07, 6.45) is 1.81. The van der Waals surface area contributed by atoms with Crippen LogP contribution in [0, 0.1) is 15.9 Å². The number of para-hydroxylation sites is 1. The summed E-state index contributed by atoms with van der Waals surface area (Å²) in [5.41, 5.74) is 1.55. The minimum Gasteiger partial charge on any atom is -0.337 e. The van der Waals surface area contributed by atoms with Crippen molar-refractivity contribution in [3.63, 3.8) is 0 Å². The first kappa shape index (κ1) is 12.3. The van der Waals surface area contributed by atoms with Crippen molar-refractivity contribution < 1.29 is 9.31 Å². The molecule has 0 aliphatic carbocycles. The number of aromatic nitrogens is 1. The summed E-state index contributed by atoms with van der Waals surface area (Å²) < 4.78 is 14.7. The number of fused-ring (bicyclic) bond motifs is 1. The number of nitro benzene ring substituents is 1. The molecule has 0 bridgehead atoms. The van der Waals surface area contributed by atoms with E-state index in [1.165, 1.54) is 18.2 Å². The number of rotatable bonds is 3. The van der Waals surface area contributed by atoms with Gasteiger partial charge in [0.25, 0.3) is 5.69 Å². The molecule has 0 saturated heterocycles. The molecule has 0 spiro atoms. The van der Waals surface area contributed by atoms with Crippen LogP contribution >= 0.6 is 0 Å². The third-order valence-electron chi connectivity index (χ3n) is 3.23. The Kier molecular flexibility index (Phi) is 2.95. The number of hydrogen-bond acceptors (Lipinski definition) is 2. The molecule has 0 unspecified atom stereocenters. The van der Waals surface area contributed by atoms with Gasteiger partial charge in [0.05, 0.1) is 4.92 Å². The van der Waals surface area contributed by atoms with Crippen LogP contribution in [0.2, 0.25) is 0 Å². The summed E-state index contributed by atoms with van der Waals surface area (Å²) >= 11 is 0. The van der Waals surface area contributed by atoms with E-state index in [0.29, 0.717) is 12.1 Å². The van der Waals surface area contributed by atoms with E-state index in [1.54, 1.807) is 29.0 Å². The van der Waals surface area contributed by atoms with Crippen LogP contribution in [-0.4, -0.2) is 9.49 Å². The summed E-state index contributed by atoms with van der Waals surface area (Å²) in [5, 5.41) is 11.9. The van der Waals surface area contributed by atoms with Gasteiger partial charge in [-0.25, -0.2) is 4.39 Å². The predicted octanol–water partition coefficient (Wildman–Crippen LogP) is 3.74. The van der Waals surface area contributed by atoms with Crippen molar-refractivity contribution in [2.45, 2.75) is 6.54 Å². The summed E-state index contributed by atoms with van der Waals surface area (Å²) in [6, 6.07) is 13.0. The van der Waals surface area contributed by atoms with Crippen LogP contribution in [0.25, 0.3) is 10.9 Å². The lowest BCUT2D eigenvalue weighted by Crippen LogP contribution is -2.00. The quantitative estimate of drug-likeness (QED) is 0.537. The van der Waals surface area contributed by atoms with Crippen LogP contribution in [0.1, 0.15) is 5.56 Å². The van der Waals surface area contributed by atoms with Crippen molar-refractivity contribution in [1.29, 1.82) is 0 Å². The van der Waals surface area contributed by atoms with Crippen molar-refractivity contribution in [3.05, 3.63) is 76.2 Å². The fourth-order valence-electron chi connectivity index (χ4n) is 2.31. The molecule has 0 saturated carbocycles. The van der Waals surface area contributed by atoms with Gasteiger partial charge in [-0.1, -0.05) is 24.3 Å². The van der Waals surface area contributed by atoms with Crippen LogP contribution in [0.5, 0.6) is 0 Å². The largest absolute Gasteiger partial charge is 0.337 e. The molecule has 0 amide bonds. The Bertz CT molecular complexity index is 778. The van der Waals surface area contributed by atoms with Crippen molar-refractivity contribution in [1.82, 2.24) is 4.57 Å². The maximum absolute atomic E-state index is 12.9. The third-order valence-corrected chi connectivity index (χ3v) is 3.23. The van der Waals surface area contributed by atoms with Gasteiger partial charge < -0.3 is 4.57 Å². The van der Waals surface area contributed by atoms with Gasteiger partial charge in [-0.15, -0.1) is 0 Å². The average Bonchev–Trinajstić information content (AvgIpc) is 2.84. The van der Waals surface area contributed by atoms with E-state index in [9.17, 15) is 14.5 Å². The highest BCUT2D eigenvalue weighted by Gasteiger charge is 2.15. The first-order valence-corrected chi connectivity index (χ1v) is 6.12. The van der Waals surface area contributed by atoms with Gasteiger partial charge in [-0.3, -0.25) is 10.1 Å². The Balaban J connectivity index is 2.07. The summed E-state index contributed by atoms with van der Waals surface area (Å²) in [4.78, 5) is 10.7. The van der Waals surface area contributed by atoms with Gasteiger partial charge in [0.1, 0.15) is 11.3 Å². The van der Waals surface area contributed by atoms with Crippen LogP contribution in [0.3, 0.4) is 0 Å². The predicted molar refractivity (Wildman–Crippen MR) is 74.1 cm³/mol. The van der Waals surface area contributed by atoms with Crippen molar-refractivity contribution in [2.24, 2.45) is 0 Å². The van der Waals surface area contributed by atoms with Gasteiger partial charge in [-0.2, -0.15) is 0 Å². The second kappa shape index (κ2) is 4.77. The number of nitrogens with zero attached hydrogens (tertiary/aromatic N) is 2. The molecule has 3 aromatic rings. The standard InChI is InChI=1S/C15H11FN2O2/c16-13-6-4-11(5-7-13)10-17-9-8-12-2-1-3-14(15(12)17)18(19)20/h1-9H,10H2. The normalized spacial score (nSPS) is 10.8. The molecule has 100 valence electrons. The van der Waals surface area contributed by atoms with Crippen molar-refractivity contribution in [3.8, 4) is 0 Å². The highest BCUT2D eigenvalue weighted by molar-refractivity contribution is 5.88. The summed E-state index contributed by atoms with van der Waals surface area (Å²) in [6.45, 7) is 0.467. The van der Waals surface area contributed by atoms with E-state index in [1.807, 2.05) is 12.1 Å². The molecule has 20 heavy (non-hydrogen) atoms. The Morgan fingerprint density at radius 2 is 1.85 bits per heavy atom. The fourth-order valence-corrected chi connectivity index (χ4v) is 2.31. The minimum absolute atomic E-state index is 0.0783. The zero-order chi connectivity index (χ0) is 14.1. The lowest BCUT2D eigenvalue weighted by atomic mass is 10.2. The zero-order valence-corrected chi connectivity index (χ0v) is 10.5. The second-order valence-corrected chi connectivity index (χ2v) is 4.54. The number of non-ortho nitro benzene ring substituents is 1. The minimum atomic E-state index is -0.385. The Hall–Kier alpha value is -2.69. The van der Waals surface area contributed by atoms with Gasteiger partial charge in [0.2, 0.25) is 0 Å². The molecule has 5 heteroatoms. The number of hydrogen-bond donors (Lipinski definition) is 0. The van der Waals surface area contributed by atoms with Gasteiger partial charge >= 0.3 is 0 Å². The molecule has 2 aromatic carbocycles. The molecule has 0 fully saturated rings. The molecular weight excluding hydrogens is 259 g/mol. The molecule has 3 rings (SSSR count). The van der Waals surface area contributed by atoms with E-state index < -0.39 is 0 Å². The molecule has 0 radical (unpaired) electrons. The Morgan fingerprint density at radius 3 is 2.55 bits per heavy atom. The maximum atomic E-state index is 12.9. The van der Waals surface area contributed by atoms with Gasteiger partial charge in [0, 0.05) is 24.2 Å². The Morgan fingerprint density at radius 1 is 1.10 bits per heavy atom. The molecule has 1 aromatic heterocycles. The topological polar surface area (TPSA) is 48.1 Å². The molecule has 4 nitrogen and oxygen atoms in total. The maximum Gasteiger partial charge on any atom is 0.293 e. The summed E-state index contributed by atoms with van der Waals surface area (Å²) in [7, 11) is 0.